The number of carbonyl (C=O) groups excluding carboxylic acids is 1. The van der Waals surface area contributed by atoms with Gasteiger partial charge in [-0.3, -0.25) is 13.9 Å². The lowest BCUT2D eigenvalue weighted by molar-refractivity contribution is 0.102. The van der Waals surface area contributed by atoms with E-state index in [1.807, 2.05) is 55.2 Å². The van der Waals surface area contributed by atoms with Gasteiger partial charge in [0.25, 0.3) is 5.91 Å². The highest BCUT2D eigenvalue weighted by molar-refractivity contribution is 6.05. The van der Waals surface area contributed by atoms with Crippen molar-refractivity contribution in [3.63, 3.8) is 0 Å². The van der Waals surface area contributed by atoms with Gasteiger partial charge in [-0.2, -0.15) is 10.4 Å². The molecule has 6 aromatic rings. The first-order valence-electron chi connectivity index (χ1n) is 14.4. The number of aryl methyl sites for hydroxylation is 3. The third-order valence-corrected chi connectivity index (χ3v) is 7.59. The van der Waals surface area contributed by atoms with Crippen molar-refractivity contribution < 1.29 is 9.18 Å². The molecular weight excluding hydrogens is 581 g/mol. The number of fused-ring (bicyclic) bond motifs is 1. The van der Waals surface area contributed by atoms with E-state index in [-0.39, 0.29) is 5.56 Å². The summed E-state index contributed by atoms with van der Waals surface area (Å²) in [5.41, 5.74) is 5.65. The molecule has 2 N–H and O–H groups in total. The van der Waals surface area contributed by atoms with Crippen molar-refractivity contribution in [2.45, 2.75) is 33.1 Å². The predicted octanol–water partition coefficient (Wildman–Crippen LogP) is 6.21. The Morgan fingerprint density at radius 2 is 1.85 bits per heavy atom. The van der Waals surface area contributed by atoms with Crippen LogP contribution in [0.15, 0.2) is 79.8 Å². The molecule has 4 aromatic heterocycles. The fourth-order valence-electron chi connectivity index (χ4n) is 4.97. The molecule has 6 rings (SSSR count). The highest BCUT2D eigenvalue weighted by atomic mass is 19.1. The molecule has 0 atom stereocenters. The molecule has 0 spiro atoms. The summed E-state index contributed by atoms with van der Waals surface area (Å²) in [5.74, 6) is 4.92. The van der Waals surface area contributed by atoms with Crippen molar-refractivity contribution in [3.8, 4) is 23.6 Å². The van der Waals surface area contributed by atoms with Gasteiger partial charge in [-0.05, 0) is 87.2 Å². The molecule has 11 heteroatoms. The molecule has 0 unspecified atom stereocenters. The number of halogens is 1. The van der Waals surface area contributed by atoms with Crippen LogP contribution in [0.1, 0.15) is 52.3 Å². The Kier molecular flexibility index (Phi) is 7.60. The number of nitrogens with zero attached hydrogens (tertiary/aromatic N) is 7. The molecule has 0 aliphatic rings. The Bertz CT molecular complexity index is 2240. The van der Waals surface area contributed by atoms with Crippen molar-refractivity contribution >= 4 is 28.6 Å². The average molecular weight is 612 g/mol. The molecule has 2 aromatic carbocycles. The van der Waals surface area contributed by atoms with Gasteiger partial charge in [0.05, 0.1) is 52.8 Å². The SMILES string of the molecule is Cc1cn(-c2cc(NC(=O)c3cc(C#Cc4cnc5c(Nc6cnn(C)c6)cccn45)c(C)cc3F)cc(C(C)(C)C#N)c2)cn1. The van der Waals surface area contributed by atoms with Crippen molar-refractivity contribution in [3.05, 3.63) is 119 Å². The number of imidazole rings is 2. The van der Waals surface area contributed by atoms with Crippen LogP contribution in [0.25, 0.3) is 11.3 Å². The zero-order valence-electron chi connectivity index (χ0n) is 25.9. The number of nitrogens with one attached hydrogen (secondary N) is 2. The van der Waals surface area contributed by atoms with E-state index in [1.165, 1.54) is 12.1 Å². The van der Waals surface area contributed by atoms with E-state index in [0.29, 0.717) is 39.4 Å². The standard InChI is InChI=1S/C35H30FN9O/c1-22-11-31(36)30(34(46)42-26-13-25(35(3,4)20-37)14-29(15-26)44-18-23(2)39-21-44)12-24(22)8-9-28-17-38-33-32(7-6-10-45(28)33)41-27-16-40-43(5)19-27/h6-7,10-19,21,41H,1-5H3,(H,42,46). The number of hydrogen-bond acceptors (Lipinski definition) is 6. The summed E-state index contributed by atoms with van der Waals surface area (Å²) in [6.07, 6.45) is 10.6. The number of pyridine rings is 1. The quantitative estimate of drug-likeness (QED) is 0.216. The highest BCUT2D eigenvalue weighted by Crippen LogP contribution is 2.29. The van der Waals surface area contributed by atoms with Crippen LogP contribution in [-0.4, -0.2) is 34.6 Å². The summed E-state index contributed by atoms with van der Waals surface area (Å²) in [4.78, 5) is 22.3. The summed E-state index contributed by atoms with van der Waals surface area (Å²) in [5, 5.41) is 20.1. The van der Waals surface area contributed by atoms with Crippen molar-refractivity contribution in [1.82, 2.24) is 28.7 Å². The van der Waals surface area contributed by atoms with Crippen LogP contribution in [0.5, 0.6) is 0 Å². The smallest absolute Gasteiger partial charge is 0.258 e. The average Bonchev–Trinajstić information content (AvgIpc) is 3.76. The van der Waals surface area contributed by atoms with Crippen LogP contribution in [0, 0.1) is 42.8 Å². The van der Waals surface area contributed by atoms with Gasteiger partial charge < -0.3 is 15.2 Å². The largest absolute Gasteiger partial charge is 0.350 e. The maximum Gasteiger partial charge on any atom is 0.258 e. The van der Waals surface area contributed by atoms with Crippen LogP contribution in [0.4, 0.5) is 21.5 Å². The number of rotatable bonds is 6. The molecule has 228 valence electrons. The van der Waals surface area contributed by atoms with E-state index >= 15 is 4.39 Å². The zero-order valence-corrected chi connectivity index (χ0v) is 25.9. The number of aromatic nitrogens is 6. The van der Waals surface area contributed by atoms with Gasteiger partial charge in [-0.1, -0.05) is 5.92 Å². The first kappa shape index (κ1) is 29.9. The van der Waals surface area contributed by atoms with Crippen LogP contribution in [-0.2, 0) is 12.5 Å². The number of hydrogen-bond donors (Lipinski definition) is 2. The lowest BCUT2D eigenvalue weighted by atomic mass is 9.86. The van der Waals surface area contributed by atoms with E-state index in [9.17, 15) is 10.1 Å². The number of nitriles is 1. The second-order valence-corrected chi connectivity index (χ2v) is 11.6. The lowest BCUT2D eigenvalue weighted by Crippen LogP contribution is -2.18. The minimum atomic E-state index is -0.837. The van der Waals surface area contributed by atoms with E-state index in [0.717, 1.165) is 17.1 Å². The van der Waals surface area contributed by atoms with Gasteiger partial charge in [-0.25, -0.2) is 14.4 Å². The summed E-state index contributed by atoms with van der Waals surface area (Å²) < 4.78 is 20.6. The Balaban J connectivity index is 1.30. The molecule has 0 saturated carbocycles. The zero-order chi connectivity index (χ0) is 32.6. The molecule has 0 aliphatic carbocycles. The Labute approximate surface area is 265 Å². The summed E-state index contributed by atoms with van der Waals surface area (Å²) in [6.45, 7) is 7.20. The maximum atomic E-state index is 15.2. The van der Waals surface area contributed by atoms with Crippen LogP contribution >= 0.6 is 0 Å². The molecule has 46 heavy (non-hydrogen) atoms. The van der Waals surface area contributed by atoms with Crippen molar-refractivity contribution in [2.24, 2.45) is 7.05 Å². The normalized spacial score (nSPS) is 11.2. The first-order valence-corrected chi connectivity index (χ1v) is 14.4. The van der Waals surface area contributed by atoms with Gasteiger partial charge in [0.1, 0.15) is 11.5 Å². The Morgan fingerprint density at radius 1 is 1.02 bits per heavy atom. The van der Waals surface area contributed by atoms with E-state index in [2.05, 4.69) is 43.6 Å². The maximum absolute atomic E-state index is 15.2. The molecule has 1 amide bonds. The van der Waals surface area contributed by atoms with Gasteiger partial charge in [0.15, 0.2) is 5.65 Å². The minimum absolute atomic E-state index is 0.152. The van der Waals surface area contributed by atoms with E-state index in [4.69, 9.17) is 0 Å². The number of anilines is 3. The molecule has 0 saturated heterocycles. The second kappa shape index (κ2) is 11.7. The molecule has 0 radical (unpaired) electrons. The van der Waals surface area contributed by atoms with Gasteiger partial charge >= 0.3 is 0 Å². The van der Waals surface area contributed by atoms with Crippen molar-refractivity contribution in [1.29, 1.82) is 5.26 Å². The van der Waals surface area contributed by atoms with Gasteiger partial charge in [0, 0.05) is 42.6 Å². The molecule has 0 bridgehead atoms. The predicted molar refractivity (Wildman–Crippen MR) is 174 cm³/mol. The third-order valence-electron chi connectivity index (χ3n) is 7.59. The number of amides is 1. The van der Waals surface area contributed by atoms with Crippen LogP contribution in [0.3, 0.4) is 0 Å². The number of carbonyl (C=O) groups is 1. The first-order chi connectivity index (χ1) is 22.0. The molecule has 4 heterocycles. The minimum Gasteiger partial charge on any atom is -0.350 e. The monoisotopic (exact) mass is 611 g/mol. The number of benzene rings is 2. The molecule has 0 fully saturated rings. The van der Waals surface area contributed by atoms with E-state index < -0.39 is 17.1 Å². The fraction of sp³-hybridized carbons (Fsp3) is 0.171. The highest BCUT2D eigenvalue weighted by Gasteiger charge is 2.23. The van der Waals surface area contributed by atoms with E-state index in [1.54, 1.807) is 60.9 Å². The topological polar surface area (TPSA) is 118 Å². The van der Waals surface area contributed by atoms with Crippen LogP contribution in [0.2, 0.25) is 0 Å². The summed E-state index contributed by atoms with van der Waals surface area (Å²) >= 11 is 0. The van der Waals surface area contributed by atoms with Crippen LogP contribution < -0.4 is 10.6 Å². The molecule has 10 nitrogen and oxygen atoms in total. The molecule has 0 aliphatic heterocycles. The van der Waals surface area contributed by atoms with Gasteiger partial charge in [-0.15, -0.1) is 0 Å². The Morgan fingerprint density at radius 3 is 2.57 bits per heavy atom. The summed E-state index contributed by atoms with van der Waals surface area (Å²) in [6, 6.07) is 14.2. The molecular formula is C35H30FN9O. The summed E-state index contributed by atoms with van der Waals surface area (Å²) in [7, 11) is 1.84. The Hall–Kier alpha value is -6.20. The van der Waals surface area contributed by atoms with Crippen molar-refractivity contribution in [2.75, 3.05) is 10.6 Å². The van der Waals surface area contributed by atoms with Gasteiger partial charge in [0.2, 0.25) is 0 Å². The fourth-order valence-corrected chi connectivity index (χ4v) is 4.97. The third kappa shape index (κ3) is 5.94. The lowest BCUT2D eigenvalue weighted by Gasteiger charge is -2.19. The second-order valence-electron chi connectivity index (χ2n) is 11.6.